The van der Waals surface area contributed by atoms with Gasteiger partial charge in [0.05, 0.1) is 0 Å². The first-order valence-electron chi connectivity index (χ1n) is 9.94. The van der Waals surface area contributed by atoms with Crippen LogP contribution in [0.4, 0.5) is 0 Å². The van der Waals surface area contributed by atoms with Crippen LogP contribution in [-0.2, 0) is 0 Å². The lowest BCUT2D eigenvalue weighted by Crippen LogP contribution is -2.48. The molecule has 0 amide bonds. The zero-order valence-corrected chi connectivity index (χ0v) is 14.8. The van der Waals surface area contributed by atoms with Crippen LogP contribution in [0.2, 0.25) is 0 Å². The van der Waals surface area contributed by atoms with E-state index in [2.05, 4.69) is 19.2 Å². The molecule has 0 aliphatic heterocycles. The molecule has 1 unspecified atom stereocenters. The predicted octanol–water partition coefficient (Wildman–Crippen LogP) is 6.22. The first kappa shape index (κ1) is 17.3. The Bertz CT molecular complexity index is 259. The Morgan fingerprint density at radius 2 is 1.10 bits per heavy atom. The highest BCUT2D eigenvalue weighted by molar-refractivity contribution is 4.90. The Kier molecular flexibility index (Phi) is 7.57. The second kappa shape index (κ2) is 9.18. The van der Waals surface area contributed by atoms with Crippen molar-refractivity contribution in [1.29, 1.82) is 0 Å². The van der Waals surface area contributed by atoms with Gasteiger partial charge in [-0.3, -0.25) is 0 Å². The van der Waals surface area contributed by atoms with E-state index in [9.17, 15) is 0 Å². The highest BCUT2D eigenvalue weighted by Gasteiger charge is 2.33. The predicted molar refractivity (Wildman–Crippen MR) is 93.7 cm³/mol. The highest BCUT2D eigenvalue weighted by atomic mass is 15.0. The molecule has 0 radical (unpaired) electrons. The molecule has 1 atom stereocenters. The molecular formula is C20H39N. The molecule has 1 nitrogen and oxygen atoms in total. The van der Waals surface area contributed by atoms with Gasteiger partial charge in [-0.25, -0.2) is 0 Å². The van der Waals surface area contributed by atoms with Crippen LogP contribution >= 0.6 is 0 Å². The van der Waals surface area contributed by atoms with Crippen LogP contribution in [0.1, 0.15) is 110 Å². The van der Waals surface area contributed by atoms with Crippen molar-refractivity contribution in [3.05, 3.63) is 0 Å². The monoisotopic (exact) mass is 293 g/mol. The van der Waals surface area contributed by atoms with Gasteiger partial charge in [-0.2, -0.15) is 0 Å². The van der Waals surface area contributed by atoms with Crippen LogP contribution in [-0.4, -0.2) is 12.1 Å². The summed E-state index contributed by atoms with van der Waals surface area (Å²) in [6, 6.07) is 1.57. The first-order chi connectivity index (χ1) is 10.2. The fourth-order valence-corrected chi connectivity index (χ4v) is 4.42. The van der Waals surface area contributed by atoms with Gasteiger partial charge in [-0.05, 0) is 31.1 Å². The molecule has 2 rings (SSSR count). The molecule has 0 aromatic heterocycles. The Morgan fingerprint density at radius 3 is 1.62 bits per heavy atom. The largest absolute Gasteiger partial charge is 0.311 e. The third-order valence-corrected chi connectivity index (χ3v) is 6.05. The van der Waals surface area contributed by atoms with E-state index in [1.165, 1.54) is 96.3 Å². The van der Waals surface area contributed by atoms with Gasteiger partial charge >= 0.3 is 0 Å². The van der Waals surface area contributed by atoms with Gasteiger partial charge in [0.15, 0.2) is 0 Å². The molecule has 2 aliphatic carbocycles. The van der Waals surface area contributed by atoms with Gasteiger partial charge in [-0.1, -0.05) is 84.5 Å². The van der Waals surface area contributed by atoms with Crippen molar-refractivity contribution in [3.63, 3.8) is 0 Å². The van der Waals surface area contributed by atoms with Gasteiger partial charge in [0, 0.05) is 12.1 Å². The summed E-state index contributed by atoms with van der Waals surface area (Å²) in [5.41, 5.74) is 0.516. The first-order valence-corrected chi connectivity index (χ1v) is 9.94. The maximum atomic E-state index is 4.10. The fourth-order valence-electron chi connectivity index (χ4n) is 4.42. The normalized spacial score (nSPS) is 30.3. The molecule has 0 bridgehead atoms. The third-order valence-electron chi connectivity index (χ3n) is 6.05. The van der Waals surface area contributed by atoms with Crippen molar-refractivity contribution in [2.75, 3.05) is 0 Å². The molecule has 21 heavy (non-hydrogen) atoms. The van der Waals surface area contributed by atoms with E-state index in [1.54, 1.807) is 0 Å². The van der Waals surface area contributed by atoms with Crippen molar-refractivity contribution in [2.45, 2.75) is 122 Å². The minimum atomic E-state index is 0.516. The molecular weight excluding hydrogens is 254 g/mol. The standard InChI is InChI=1S/C20H39N/c1-20(2)17-13-12-16-19(20)21-18-14-10-8-6-4-3-5-7-9-11-15-18/h18-19,21H,3-17H2,1-2H3. The van der Waals surface area contributed by atoms with E-state index in [-0.39, 0.29) is 0 Å². The average molecular weight is 294 g/mol. The summed E-state index contributed by atoms with van der Waals surface area (Å²) < 4.78 is 0. The average Bonchev–Trinajstić information content (AvgIpc) is 2.43. The van der Waals surface area contributed by atoms with Crippen LogP contribution in [0, 0.1) is 5.41 Å². The second-order valence-corrected chi connectivity index (χ2v) is 8.41. The molecule has 0 aromatic rings. The Morgan fingerprint density at radius 1 is 0.619 bits per heavy atom. The number of hydrogen-bond acceptors (Lipinski definition) is 1. The summed E-state index contributed by atoms with van der Waals surface area (Å²) in [5, 5.41) is 4.10. The quantitative estimate of drug-likeness (QED) is 0.637. The van der Waals surface area contributed by atoms with E-state index < -0.39 is 0 Å². The lowest BCUT2D eigenvalue weighted by atomic mass is 9.73. The van der Waals surface area contributed by atoms with Gasteiger partial charge in [0.25, 0.3) is 0 Å². The zero-order valence-electron chi connectivity index (χ0n) is 14.8. The van der Waals surface area contributed by atoms with Crippen molar-refractivity contribution < 1.29 is 0 Å². The lowest BCUT2D eigenvalue weighted by Gasteiger charge is -2.41. The maximum absolute atomic E-state index is 4.10. The second-order valence-electron chi connectivity index (χ2n) is 8.41. The van der Waals surface area contributed by atoms with E-state index >= 15 is 0 Å². The van der Waals surface area contributed by atoms with Crippen LogP contribution in [0.15, 0.2) is 0 Å². The zero-order chi connectivity index (χ0) is 15.0. The van der Waals surface area contributed by atoms with E-state index in [0.717, 1.165) is 12.1 Å². The van der Waals surface area contributed by atoms with Crippen molar-refractivity contribution in [3.8, 4) is 0 Å². The van der Waals surface area contributed by atoms with Crippen LogP contribution in [0.3, 0.4) is 0 Å². The topological polar surface area (TPSA) is 12.0 Å². The summed E-state index contributed by atoms with van der Waals surface area (Å²) in [5.74, 6) is 0. The van der Waals surface area contributed by atoms with E-state index in [0.29, 0.717) is 5.41 Å². The van der Waals surface area contributed by atoms with Crippen LogP contribution in [0.25, 0.3) is 0 Å². The molecule has 2 aliphatic rings. The molecule has 1 heteroatoms. The third kappa shape index (κ3) is 6.30. The Labute approximate surface area is 133 Å². The minimum absolute atomic E-state index is 0.516. The minimum Gasteiger partial charge on any atom is -0.311 e. The number of hydrogen-bond donors (Lipinski definition) is 1. The van der Waals surface area contributed by atoms with Crippen molar-refractivity contribution in [1.82, 2.24) is 5.32 Å². The van der Waals surface area contributed by atoms with E-state index in [1.807, 2.05) is 0 Å². The number of rotatable bonds is 2. The van der Waals surface area contributed by atoms with Crippen molar-refractivity contribution >= 4 is 0 Å². The SMILES string of the molecule is CC1(C)CCCCC1NC1CCCCCCCCCCC1. The maximum Gasteiger partial charge on any atom is 0.0121 e. The smallest absolute Gasteiger partial charge is 0.0121 e. The molecule has 0 heterocycles. The molecule has 0 aromatic carbocycles. The molecule has 1 N–H and O–H groups in total. The molecule has 0 saturated heterocycles. The van der Waals surface area contributed by atoms with E-state index in [4.69, 9.17) is 0 Å². The molecule has 2 fully saturated rings. The summed E-state index contributed by atoms with van der Waals surface area (Å²) in [7, 11) is 0. The van der Waals surface area contributed by atoms with Gasteiger partial charge < -0.3 is 5.32 Å². The van der Waals surface area contributed by atoms with Crippen LogP contribution < -0.4 is 5.32 Å². The summed E-state index contributed by atoms with van der Waals surface area (Å²) in [6.45, 7) is 4.97. The summed E-state index contributed by atoms with van der Waals surface area (Å²) in [6.07, 6.45) is 21.8. The summed E-state index contributed by atoms with van der Waals surface area (Å²) in [4.78, 5) is 0. The van der Waals surface area contributed by atoms with Gasteiger partial charge in [-0.15, -0.1) is 0 Å². The molecule has 124 valence electrons. The number of nitrogens with one attached hydrogen (secondary N) is 1. The fraction of sp³-hybridized carbons (Fsp3) is 1.00. The Balaban J connectivity index is 1.82. The van der Waals surface area contributed by atoms with Crippen molar-refractivity contribution in [2.24, 2.45) is 5.41 Å². The Hall–Kier alpha value is -0.0400. The lowest BCUT2D eigenvalue weighted by molar-refractivity contribution is 0.149. The van der Waals surface area contributed by atoms with Crippen LogP contribution in [0.5, 0.6) is 0 Å². The van der Waals surface area contributed by atoms with Gasteiger partial charge in [0.1, 0.15) is 0 Å². The highest BCUT2D eigenvalue weighted by Crippen LogP contribution is 2.36. The summed E-state index contributed by atoms with van der Waals surface area (Å²) >= 11 is 0. The molecule has 0 spiro atoms. The van der Waals surface area contributed by atoms with Gasteiger partial charge in [0.2, 0.25) is 0 Å². The molecule has 2 saturated carbocycles.